The Kier molecular flexibility index (Phi) is 4.83. The Labute approximate surface area is 137 Å². The minimum absolute atomic E-state index is 0.00424. The van der Waals surface area contributed by atoms with Crippen LogP contribution in [0.15, 0.2) is 21.4 Å². The summed E-state index contributed by atoms with van der Waals surface area (Å²) in [5.74, 6) is 0.495. The molecule has 1 fully saturated rings. The Morgan fingerprint density at radius 1 is 1.36 bits per heavy atom. The highest BCUT2D eigenvalue weighted by molar-refractivity contribution is 7.99. The maximum absolute atomic E-state index is 12.4. The summed E-state index contributed by atoms with van der Waals surface area (Å²) in [7, 11) is 0. The fourth-order valence-corrected chi connectivity index (χ4v) is 4.42. The van der Waals surface area contributed by atoms with Gasteiger partial charge in [-0.3, -0.25) is 14.2 Å². The van der Waals surface area contributed by atoms with Gasteiger partial charge in [-0.15, -0.1) is 11.3 Å². The zero-order valence-corrected chi connectivity index (χ0v) is 14.2. The fraction of sp³-hybridized carbons (Fsp3) is 0.533. The van der Waals surface area contributed by atoms with Crippen LogP contribution < -0.4 is 5.56 Å². The van der Waals surface area contributed by atoms with Crippen LogP contribution in [-0.2, 0) is 11.3 Å². The van der Waals surface area contributed by atoms with E-state index in [0.717, 1.165) is 31.4 Å². The van der Waals surface area contributed by atoms with E-state index in [0.29, 0.717) is 22.2 Å². The molecule has 22 heavy (non-hydrogen) atoms. The lowest BCUT2D eigenvalue weighted by Crippen LogP contribution is -2.36. The molecule has 1 saturated heterocycles. The Bertz CT molecular complexity index is 732. The van der Waals surface area contributed by atoms with Crippen LogP contribution in [0.3, 0.4) is 0 Å². The first-order valence-electron chi connectivity index (χ1n) is 7.59. The summed E-state index contributed by atoms with van der Waals surface area (Å²) >= 11 is 2.79. The molecule has 3 heterocycles. The first-order valence-corrected chi connectivity index (χ1v) is 9.46. The minimum Gasteiger partial charge on any atom is -0.342 e. The molecular weight excluding hydrogens is 318 g/mol. The molecule has 118 valence electrons. The van der Waals surface area contributed by atoms with Gasteiger partial charge in [-0.05, 0) is 37.6 Å². The first-order chi connectivity index (χ1) is 10.7. The van der Waals surface area contributed by atoms with Crippen LogP contribution in [-0.4, -0.2) is 39.2 Å². The Hall–Kier alpha value is -1.34. The number of thiophene rings is 1. The lowest BCUT2D eigenvalue weighted by molar-refractivity contribution is -0.129. The summed E-state index contributed by atoms with van der Waals surface area (Å²) in [6.07, 6.45) is 3.40. The SMILES string of the molecule is CCn1c(SCC(=O)N2CCCCC2)nc2ccsc2c1=O. The summed E-state index contributed by atoms with van der Waals surface area (Å²) in [5.41, 5.74) is 0.725. The molecule has 3 rings (SSSR count). The van der Waals surface area contributed by atoms with Crippen LogP contribution in [0, 0.1) is 0 Å². The number of aromatic nitrogens is 2. The smallest absolute Gasteiger partial charge is 0.272 e. The number of likely N-dealkylation sites (tertiary alicyclic amines) is 1. The summed E-state index contributed by atoms with van der Waals surface area (Å²) in [6, 6.07) is 1.86. The molecule has 0 aromatic carbocycles. The number of fused-ring (bicyclic) bond motifs is 1. The highest BCUT2D eigenvalue weighted by Crippen LogP contribution is 2.21. The van der Waals surface area contributed by atoms with E-state index in [9.17, 15) is 9.59 Å². The molecule has 5 nitrogen and oxygen atoms in total. The maximum Gasteiger partial charge on any atom is 0.272 e. The number of hydrogen-bond acceptors (Lipinski definition) is 5. The van der Waals surface area contributed by atoms with Gasteiger partial charge in [-0.1, -0.05) is 11.8 Å². The van der Waals surface area contributed by atoms with Crippen LogP contribution in [0.1, 0.15) is 26.2 Å². The second-order valence-corrected chi connectivity index (χ2v) is 7.17. The van der Waals surface area contributed by atoms with Gasteiger partial charge in [0.1, 0.15) is 4.70 Å². The van der Waals surface area contributed by atoms with Crippen molar-refractivity contribution in [2.45, 2.75) is 37.9 Å². The number of thioether (sulfide) groups is 1. The van der Waals surface area contributed by atoms with E-state index < -0.39 is 0 Å². The van der Waals surface area contributed by atoms with Crippen molar-refractivity contribution in [1.29, 1.82) is 0 Å². The molecule has 0 N–H and O–H groups in total. The van der Waals surface area contributed by atoms with Gasteiger partial charge in [0.25, 0.3) is 5.56 Å². The van der Waals surface area contributed by atoms with Gasteiger partial charge in [0.2, 0.25) is 5.91 Å². The van der Waals surface area contributed by atoms with Crippen LogP contribution in [0.2, 0.25) is 0 Å². The molecule has 0 radical (unpaired) electrons. The molecule has 2 aromatic heterocycles. The maximum atomic E-state index is 12.4. The van der Waals surface area contributed by atoms with E-state index in [-0.39, 0.29) is 11.5 Å². The van der Waals surface area contributed by atoms with Crippen molar-refractivity contribution in [3.05, 3.63) is 21.8 Å². The zero-order valence-electron chi connectivity index (χ0n) is 12.6. The van der Waals surface area contributed by atoms with Crippen LogP contribution in [0.4, 0.5) is 0 Å². The second-order valence-electron chi connectivity index (χ2n) is 5.31. The third-order valence-electron chi connectivity index (χ3n) is 3.88. The normalized spacial score (nSPS) is 15.4. The molecule has 0 atom stereocenters. The third-order valence-corrected chi connectivity index (χ3v) is 5.73. The standard InChI is InChI=1S/C15H19N3O2S2/c1-2-18-14(20)13-11(6-9-21-13)16-15(18)22-10-12(19)17-7-4-3-5-8-17/h6,9H,2-5,7-8,10H2,1H3. The van der Waals surface area contributed by atoms with E-state index in [2.05, 4.69) is 4.98 Å². The molecule has 0 bridgehead atoms. The van der Waals surface area contributed by atoms with E-state index in [1.807, 2.05) is 23.3 Å². The van der Waals surface area contributed by atoms with Gasteiger partial charge in [0.05, 0.1) is 11.3 Å². The fourth-order valence-electron chi connectivity index (χ4n) is 2.67. The Balaban J connectivity index is 1.78. The van der Waals surface area contributed by atoms with Crippen molar-refractivity contribution in [2.75, 3.05) is 18.8 Å². The van der Waals surface area contributed by atoms with E-state index in [1.165, 1.54) is 29.5 Å². The monoisotopic (exact) mass is 337 g/mol. The Morgan fingerprint density at radius 3 is 2.86 bits per heavy atom. The average molecular weight is 337 g/mol. The molecule has 2 aromatic rings. The van der Waals surface area contributed by atoms with Crippen LogP contribution in [0.25, 0.3) is 10.2 Å². The van der Waals surface area contributed by atoms with Crippen molar-refractivity contribution in [2.24, 2.45) is 0 Å². The number of piperidine rings is 1. The van der Waals surface area contributed by atoms with Gasteiger partial charge >= 0.3 is 0 Å². The minimum atomic E-state index is -0.00424. The summed E-state index contributed by atoms with van der Waals surface area (Å²) in [6.45, 7) is 4.22. The van der Waals surface area contributed by atoms with E-state index in [4.69, 9.17) is 0 Å². The third kappa shape index (κ3) is 3.05. The predicted octanol–water partition coefficient (Wildman–Crippen LogP) is 2.58. The van der Waals surface area contributed by atoms with Crippen molar-refractivity contribution in [1.82, 2.24) is 14.5 Å². The molecule has 0 aliphatic carbocycles. The Morgan fingerprint density at radius 2 is 2.14 bits per heavy atom. The summed E-state index contributed by atoms with van der Waals surface area (Å²) in [5, 5.41) is 2.52. The molecule has 1 amide bonds. The number of hydrogen-bond donors (Lipinski definition) is 0. The average Bonchev–Trinajstić information content (AvgIpc) is 3.02. The van der Waals surface area contributed by atoms with Crippen LogP contribution >= 0.6 is 23.1 Å². The van der Waals surface area contributed by atoms with Gasteiger partial charge < -0.3 is 4.90 Å². The van der Waals surface area contributed by atoms with Gasteiger partial charge in [-0.2, -0.15) is 0 Å². The quantitative estimate of drug-likeness (QED) is 0.636. The molecular formula is C15H19N3O2S2. The number of nitrogens with zero attached hydrogens (tertiary/aromatic N) is 3. The molecule has 1 aliphatic heterocycles. The van der Waals surface area contributed by atoms with Gasteiger partial charge in [0, 0.05) is 19.6 Å². The lowest BCUT2D eigenvalue weighted by atomic mass is 10.1. The zero-order chi connectivity index (χ0) is 15.5. The van der Waals surface area contributed by atoms with Crippen molar-refractivity contribution < 1.29 is 4.79 Å². The van der Waals surface area contributed by atoms with E-state index >= 15 is 0 Å². The van der Waals surface area contributed by atoms with Gasteiger partial charge in [-0.25, -0.2) is 4.98 Å². The predicted molar refractivity (Wildman–Crippen MR) is 90.7 cm³/mol. The van der Waals surface area contributed by atoms with Gasteiger partial charge in [0.15, 0.2) is 5.16 Å². The molecule has 0 spiro atoms. The van der Waals surface area contributed by atoms with E-state index in [1.54, 1.807) is 4.57 Å². The molecule has 0 unspecified atom stereocenters. The number of amides is 1. The second kappa shape index (κ2) is 6.83. The molecule has 1 aliphatic rings. The molecule has 7 heteroatoms. The summed E-state index contributed by atoms with van der Waals surface area (Å²) < 4.78 is 2.35. The van der Waals surface area contributed by atoms with Crippen molar-refractivity contribution in [3.63, 3.8) is 0 Å². The molecule has 0 saturated carbocycles. The topological polar surface area (TPSA) is 55.2 Å². The van der Waals surface area contributed by atoms with Crippen molar-refractivity contribution >= 4 is 39.2 Å². The number of carbonyl (C=O) groups is 1. The van der Waals surface area contributed by atoms with Crippen molar-refractivity contribution in [3.8, 4) is 0 Å². The number of rotatable bonds is 4. The summed E-state index contributed by atoms with van der Waals surface area (Å²) in [4.78, 5) is 31.1. The lowest BCUT2D eigenvalue weighted by Gasteiger charge is -2.26. The largest absolute Gasteiger partial charge is 0.342 e. The highest BCUT2D eigenvalue weighted by atomic mass is 32.2. The highest BCUT2D eigenvalue weighted by Gasteiger charge is 2.18. The number of carbonyl (C=O) groups excluding carboxylic acids is 1. The first kappa shape index (κ1) is 15.6. The van der Waals surface area contributed by atoms with Crippen LogP contribution in [0.5, 0.6) is 0 Å².